The number of allylic oxidation sites excluding steroid dienone is 3. The van der Waals surface area contributed by atoms with Crippen LogP contribution in [0.25, 0.3) is 0 Å². The van der Waals surface area contributed by atoms with Crippen LogP contribution in [0.3, 0.4) is 0 Å². The summed E-state index contributed by atoms with van der Waals surface area (Å²) in [6, 6.07) is 4.31. The molecule has 2 aliphatic heterocycles. The summed E-state index contributed by atoms with van der Waals surface area (Å²) in [5, 5.41) is 16.2. The van der Waals surface area contributed by atoms with Crippen molar-refractivity contribution in [1.82, 2.24) is 13.7 Å². The van der Waals surface area contributed by atoms with Gasteiger partial charge in [0.2, 0.25) is 0 Å². The van der Waals surface area contributed by atoms with Crippen LogP contribution < -0.4 is 10.6 Å². The van der Waals surface area contributed by atoms with E-state index >= 15 is 0 Å². The lowest BCUT2D eigenvalue weighted by Gasteiger charge is -2.27. The number of aliphatic imine (C=N–C) groups is 1. The van der Waals surface area contributed by atoms with Crippen LogP contribution in [0.5, 0.6) is 0 Å². The van der Waals surface area contributed by atoms with Crippen molar-refractivity contribution >= 4 is 57.9 Å². The molecule has 7 rings (SSSR count). The largest absolute Gasteiger partial charge is 0.346 e. The molecule has 4 aliphatic rings. The highest BCUT2D eigenvalue weighted by atomic mass is 32.2. The molecule has 14 heteroatoms. The van der Waals surface area contributed by atoms with Gasteiger partial charge in [-0.05, 0) is 35.5 Å². The number of anilines is 2. The predicted molar refractivity (Wildman–Crippen MR) is 163 cm³/mol. The molecule has 3 aromatic heterocycles. The Morgan fingerprint density at radius 3 is 2.16 bits per heavy atom. The number of carbonyl (C=O) groups is 4. The summed E-state index contributed by atoms with van der Waals surface area (Å²) in [4.78, 5) is 68.5. The van der Waals surface area contributed by atoms with E-state index in [2.05, 4.69) is 22.5 Å². The topological polar surface area (TPSA) is 163 Å². The zero-order valence-electron chi connectivity index (χ0n) is 24.2. The van der Waals surface area contributed by atoms with Gasteiger partial charge in [-0.3, -0.25) is 34.3 Å². The summed E-state index contributed by atoms with van der Waals surface area (Å²) in [5.74, 6) is -0.817. The number of ketones is 2. The van der Waals surface area contributed by atoms with E-state index < -0.39 is 22.2 Å². The highest BCUT2D eigenvalue weighted by molar-refractivity contribution is 8.04. The second kappa shape index (κ2) is 9.51. The predicted octanol–water partition coefficient (Wildman–Crippen LogP) is 4.00. The number of rotatable bonds is 7. The van der Waals surface area contributed by atoms with Gasteiger partial charge in [-0.15, -0.1) is 11.8 Å². The SMILES string of the molecule is CC1CC2=C(CC(C(=O)c3cc(NC(=O)c4cc(NC(=O)c5cc([N+](=O)[O-])cn5C)cn4C)cn3C)S2)C23C(=O)C2=CN=C13. The molecule has 0 bridgehead atoms. The van der Waals surface area contributed by atoms with Crippen molar-refractivity contribution in [3.05, 3.63) is 86.2 Å². The molecule has 13 nitrogen and oxygen atoms in total. The van der Waals surface area contributed by atoms with E-state index in [-0.39, 0.29) is 39.8 Å². The zero-order chi connectivity index (χ0) is 31.2. The van der Waals surface area contributed by atoms with Crippen LogP contribution in [0.15, 0.2) is 64.0 Å². The molecule has 1 fully saturated rings. The molecular formula is C30H27N7O6S. The van der Waals surface area contributed by atoms with Gasteiger partial charge in [0, 0.05) is 63.0 Å². The number of hydrogen-bond acceptors (Lipinski definition) is 8. The smallest absolute Gasteiger partial charge is 0.287 e. The second-order valence-electron chi connectivity index (χ2n) is 11.6. The Labute approximate surface area is 254 Å². The Hall–Kier alpha value is -4.98. The van der Waals surface area contributed by atoms with Gasteiger partial charge in [0.1, 0.15) is 16.8 Å². The zero-order valence-corrected chi connectivity index (χ0v) is 25.0. The molecule has 0 aromatic carbocycles. The van der Waals surface area contributed by atoms with Crippen molar-refractivity contribution in [3.63, 3.8) is 0 Å². The Kier molecular flexibility index (Phi) is 6.01. The van der Waals surface area contributed by atoms with E-state index in [1.54, 1.807) is 47.9 Å². The molecule has 2 aliphatic carbocycles. The summed E-state index contributed by atoms with van der Waals surface area (Å²) in [6.07, 6.45) is 7.43. The first-order valence-electron chi connectivity index (χ1n) is 13.9. The van der Waals surface area contributed by atoms with Crippen molar-refractivity contribution in [2.75, 3.05) is 10.6 Å². The molecular weight excluding hydrogens is 586 g/mol. The Morgan fingerprint density at radius 1 is 0.955 bits per heavy atom. The number of amides is 2. The minimum absolute atomic E-state index is 0.0728. The Balaban J connectivity index is 1.03. The average Bonchev–Trinajstić information content (AvgIpc) is 3.63. The van der Waals surface area contributed by atoms with E-state index in [0.29, 0.717) is 23.5 Å². The minimum Gasteiger partial charge on any atom is -0.346 e. The summed E-state index contributed by atoms with van der Waals surface area (Å²) in [6.45, 7) is 2.08. The third-order valence-electron chi connectivity index (χ3n) is 8.80. The molecule has 2 N–H and O–H groups in total. The normalized spacial score (nSPS) is 23.0. The highest BCUT2D eigenvalue weighted by Gasteiger charge is 2.71. The lowest BCUT2D eigenvalue weighted by atomic mass is 9.75. The van der Waals surface area contributed by atoms with Crippen LogP contribution in [0.2, 0.25) is 0 Å². The molecule has 3 aromatic rings. The second-order valence-corrected chi connectivity index (χ2v) is 12.9. The first kappa shape index (κ1) is 27.8. The first-order chi connectivity index (χ1) is 20.9. The maximum Gasteiger partial charge on any atom is 0.287 e. The van der Waals surface area contributed by atoms with Gasteiger partial charge in [0.15, 0.2) is 11.6 Å². The Morgan fingerprint density at radius 2 is 1.55 bits per heavy atom. The third-order valence-corrected chi connectivity index (χ3v) is 10.2. The summed E-state index contributed by atoms with van der Waals surface area (Å²) in [7, 11) is 4.92. The summed E-state index contributed by atoms with van der Waals surface area (Å²) >= 11 is 1.54. The number of hydrogen-bond donors (Lipinski definition) is 2. The van der Waals surface area contributed by atoms with Gasteiger partial charge in [0.05, 0.1) is 33.4 Å². The van der Waals surface area contributed by atoms with Crippen LogP contribution >= 0.6 is 11.8 Å². The van der Waals surface area contributed by atoms with E-state index in [4.69, 9.17) is 0 Å². The maximum absolute atomic E-state index is 13.7. The van der Waals surface area contributed by atoms with Crippen LogP contribution in [0.1, 0.15) is 51.2 Å². The van der Waals surface area contributed by atoms with E-state index in [9.17, 15) is 29.3 Å². The number of Topliss-reactive ketones (excluding diaryl/α,β-unsaturated/α-hetero) is 2. The van der Waals surface area contributed by atoms with Crippen LogP contribution in [-0.2, 0) is 25.9 Å². The number of thioether (sulfide) groups is 1. The van der Waals surface area contributed by atoms with E-state index in [0.717, 1.165) is 28.2 Å². The van der Waals surface area contributed by atoms with Gasteiger partial charge >= 0.3 is 0 Å². The Bertz CT molecular complexity index is 1970. The lowest BCUT2D eigenvalue weighted by molar-refractivity contribution is -0.384. The van der Waals surface area contributed by atoms with E-state index in [1.807, 2.05) is 0 Å². The number of nitrogens with one attached hydrogen (secondary N) is 2. The summed E-state index contributed by atoms with van der Waals surface area (Å²) in [5.41, 5.74) is 3.36. The fourth-order valence-corrected chi connectivity index (χ4v) is 8.22. The average molecular weight is 614 g/mol. The van der Waals surface area contributed by atoms with Crippen molar-refractivity contribution in [2.45, 2.75) is 25.0 Å². The van der Waals surface area contributed by atoms with Crippen LogP contribution in [0, 0.1) is 21.4 Å². The number of nitrogens with zero attached hydrogens (tertiary/aromatic N) is 5. The molecule has 3 unspecified atom stereocenters. The fraction of sp³-hybridized carbons (Fsp3) is 0.300. The fourth-order valence-electron chi connectivity index (χ4n) is 6.67. The van der Waals surface area contributed by atoms with Gasteiger partial charge in [-0.1, -0.05) is 6.92 Å². The number of aromatic nitrogens is 3. The third kappa shape index (κ3) is 3.97. The number of nitro groups is 1. The molecule has 3 atom stereocenters. The molecule has 0 radical (unpaired) electrons. The van der Waals surface area contributed by atoms with Crippen molar-refractivity contribution < 1.29 is 24.1 Å². The van der Waals surface area contributed by atoms with Gasteiger partial charge in [-0.25, -0.2) is 0 Å². The highest BCUT2D eigenvalue weighted by Crippen LogP contribution is 2.67. The van der Waals surface area contributed by atoms with E-state index in [1.165, 1.54) is 41.7 Å². The molecule has 224 valence electrons. The molecule has 44 heavy (non-hydrogen) atoms. The van der Waals surface area contributed by atoms with Crippen LogP contribution in [0.4, 0.5) is 17.1 Å². The summed E-state index contributed by atoms with van der Waals surface area (Å²) < 4.78 is 4.58. The molecule has 5 heterocycles. The molecule has 1 saturated carbocycles. The van der Waals surface area contributed by atoms with Gasteiger partial charge in [-0.2, -0.15) is 0 Å². The van der Waals surface area contributed by atoms with Crippen molar-refractivity contribution in [1.29, 1.82) is 0 Å². The van der Waals surface area contributed by atoms with Gasteiger partial charge < -0.3 is 24.3 Å². The first-order valence-corrected chi connectivity index (χ1v) is 14.8. The number of carbonyl (C=O) groups excluding carboxylic acids is 4. The van der Waals surface area contributed by atoms with Crippen LogP contribution in [-0.4, -0.2) is 53.0 Å². The quantitative estimate of drug-likeness (QED) is 0.231. The standard InChI is InChI=1S/C30H27N7O6S/c1-14-5-23-18(30-19(27(30)39)10-31-26(14)30)9-24(44-23)25(38)20-6-15(11-34(20)2)32-28(40)21-7-16(12-35(21)3)33-29(41)22-8-17(37(42)43)13-36(22)4/h6-8,10-14,24H,5,9H2,1-4H3,(H,32,40)(H,33,41). The lowest BCUT2D eigenvalue weighted by Crippen LogP contribution is -2.31. The monoisotopic (exact) mass is 613 g/mol. The number of aryl methyl sites for hydroxylation is 3. The van der Waals surface area contributed by atoms with Crippen molar-refractivity contribution in [3.8, 4) is 0 Å². The molecule has 1 spiro atoms. The molecule has 2 amide bonds. The minimum atomic E-state index is -0.686. The molecule has 0 saturated heterocycles. The van der Waals surface area contributed by atoms with Crippen molar-refractivity contribution in [2.24, 2.45) is 37.5 Å². The van der Waals surface area contributed by atoms with Gasteiger partial charge in [0.25, 0.3) is 17.5 Å². The maximum atomic E-state index is 13.7.